The zero-order valence-corrected chi connectivity index (χ0v) is 15.4. The minimum Gasteiger partial charge on any atom is -0.489 e. The number of benzene rings is 2. The van der Waals surface area contributed by atoms with Crippen LogP contribution in [0.4, 0.5) is 10.5 Å². The van der Waals surface area contributed by atoms with Gasteiger partial charge in [0.25, 0.3) is 0 Å². The summed E-state index contributed by atoms with van der Waals surface area (Å²) in [5, 5.41) is 3.52. The highest BCUT2D eigenvalue weighted by atomic mass is 35.5. The summed E-state index contributed by atoms with van der Waals surface area (Å²) < 4.78 is 10.6. The lowest BCUT2D eigenvalue weighted by molar-refractivity contribution is 0.146. The second-order valence-electron chi connectivity index (χ2n) is 5.58. The molecule has 0 bridgehead atoms. The quantitative estimate of drug-likeness (QED) is 0.733. The topological polar surface area (TPSA) is 50.8 Å². The summed E-state index contributed by atoms with van der Waals surface area (Å²) in [6.07, 6.45) is 0. The number of carbonyl (C=O) groups is 1. The van der Waals surface area contributed by atoms with Crippen LogP contribution < -0.4 is 10.1 Å². The number of amides is 2. The first kappa shape index (κ1) is 19.1. The third-order valence-electron chi connectivity index (χ3n) is 3.93. The van der Waals surface area contributed by atoms with Crippen LogP contribution in [0, 0.1) is 0 Å². The Hall–Kier alpha value is -2.24. The maximum atomic E-state index is 12.6. The van der Waals surface area contributed by atoms with E-state index in [0.717, 1.165) is 5.56 Å². The van der Waals surface area contributed by atoms with Crippen molar-refractivity contribution in [3.63, 3.8) is 0 Å². The Bertz CT molecular complexity index is 709. The Morgan fingerprint density at radius 1 is 1.16 bits per heavy atom. The summed E-state index contributed by atoms with van der Waals surface area (Å²) in [6.45, 7) is 2.82. The van der Waals surface area contributed by atoms with Gasteiger partial charge in [-0.25, -0.2) is 4.79 Å². The number of anilines is 1. The zero-order chi connectivity index (χ0) is 18.2. The van der Waals surface area contributed by atoms with Crippen molar-refractivity contribution in [3.8, 4) is 5.75 Å². The smallest absolute Gasteiger partial charge is 0.322 e. The molecular formula is C19H23ClN2O3. The molecule has 0 aliphatic carbocycles. The third-order valence-corrected chi connectivity index (χ3v) is 4.27. The number of nitrogens with one attached hydrogen (secondary N) is 1. The van der Waals surface area contributed by atoms with Gasteiger partial charge in [0.15, 0.2) is 0 Å². The van der Waals surface area contributed by atoms with E-state index < -0.39 is 0 Å². The number of halogens is 1. The number of carbonyl (C=O) groups excluding carboxylic acids is 1. The van der Waals surface area contributed by atoms with Gasteiger partial charge in [0, 0.05) is 19.2 Å². The van der Waals surface area contributed by atoms with Crippen molar-refractivity contribution < 1.29 is 14.3 Å². The molecule has 0 radical (unpaired) electrons. The number of nitrogens with zero attached hydrogens (tertiary/aromatic N) is 1. The van der Waals surface area contributed by atoms with Crippen molar-refractivity contribution in [2.24, 2.45) is 0 Å². The minimum absolute atomic E-state index is 0.171. The van der Waals surface area contributed by atoms with E-state index in [9.17, 15) is 4.79 Å². The molecule has 0 aromatic heterocycles. The van der Waals surface area contributed by atoms with E-state index in [2.05, 4.69) is 5.32 Å². The molecule has 2 amide bonds. The Kier molecular flexibility index (Phi) is 7.10. The molecule has 25 heavy (non-hydrogen) atoms. The normalized spacial score (nSPS) is 11.7. The maximum Gasteiger partial charge on any atom is 0.322 e. The number of ether oxygens (including phenoxy) is 2. The number of hydrogen-bond donors (Lipinski definition) is 1. The fourth-order valence-electron chi connectivity index (χ4n) is 2.33. The first-order valence-corrected chi connectivity index (χ1v) is 8.41. The van der Waals surface area contributed by atoms with Gasteiger partial charge in [-0.05, 0) is 30.7 Å². The molecule has 0 saturated carbocycles. The van der Waals surface area contributed by atoms with Gasteiger partial charge in [-0.3, -0.25) is 0 Å². The monoisotopic (exact) mass is 362 g/mol. The molecule has 1 unspecified atom stereocenters. The van der Waals surface area contributed by atoms with Crippen LogP contribution >= 0.6 is 11.6 Å². The summed E-state index contributed by atoms with van der Waals surface area (Å²) >= 11 is 6.23. The van der Waals surface area contributed by atoms with Crippen molar-refractivity contribution in [3.05, 3.63) is 59.1 Å². The number of urea groups is 1. The fraction of sp³-hybridized carbons (Fsp3) is 0.316. The first-order valence-electron chi connectivity index (χ1n) is 8.03. The van der Waals surface area contributed by atoms with Gasteiger partial charge in [0.05, 0.1) is 18.3 Å². The first-order chi connectivity index (χ1) is 12.0. The van der Waals surface area contributed by atoms with E-state index in [1.165, 1.54) is 0 Å². The van der Waals surface area contributed by atoms with E-state index in [1.54, 1.807) is 25.1 Å². The predicted octanol–water partition coefficient (Wildman–Crippen LogP) is 4.59. The van der Waals surface area contributed by atoms with Gasteiger partial charge in [0.1, 0.15) is 12.4 Å². The summed E-state index contributed by atoms with van der Waals surface area (Å²) in [5.74, 6) is 0.603. The molecule has 2 rings (SSSR count). The van der Waals surface area contributed by atoms with Crippen molar-refractivity contribution >= 4 is 23.3 Å². The molecule has 0 saturated heterocycles. The second-order valence-corrected chi connectivity index (χ2v) is 5.98. The molecule has 2 aromatic rings. The van der Waals surface area contributed by atoms with E-state index in [0.29, 0.717) is 29.7 Å². The van der Waals surface area contributed by atoms with Gasteiger partial charge in [0.2, 0.25) is 0 Å². The molecule has 6 heteroatoms. The molecule has 0 spiro atoms. The predicted molar refractivity (Wildman–Crippen MR) is 100 cm³/mol. The molecule has 2 aromatic carbocycles. The molecule has 5 nitrogen and oxygen atoms in total. The number of methoxy groups -OCH3 is 1. The Balaban J connectivity index is 2.07. The Morgan fingerprint density at radius 2 is 1.84 bits per heavy atom. The molecule has 0 aliphatic rings. The standard InChI is InChI=1S/C19H23ClN2O3/c1-14(15-8-4-5-9-16(15)20)22(2)19(23)21-17-10-6-7-11-18(17)25-13-12-24-3/h4-11,14H,12-13H2,1-3H3,(H,21,23). The van der Waals surface area contributed by atoms with Crippen molar-refractivity contribution in [1.29, 1.82) is 0 Å². The van der Waals surface area contributed by atoms with Crippen LogP contribution in [0.5, 0.6) is 5.75 Å². The number of para-hydroxylation sites is 2. The van der Waals surface area contributed by atoms with Crippen LogP contribution in [-0.4, -0.2) is 38.3 Å². The average Bonchev–Trinajstić information content (AvgIpc) is 2.62. The van der Waals surface area contributed by atoms with Crippen molar-refractivity contribution in [2.45, 2.75) is 13.0 Å². The maximum absolute atomic E-state index is 12.6. The van der Waals surface area contributed by atoms with Gasteiger partial charge in [-0.2, -0.15) is 0 Å². The van der Waals surface area contributed by atoms with Crippen LogP contribution in [0.15, 0.2) is 48.5 Å². The van der Waals surface area contributed by atoms with Gasteiger partial charge in [-0.1, -0.05) is 41.9 Å². The van der Waals surface area contributed by atoms with Crippen LogP contribution in [-0.2, 0) is 4.74 Å². The van der Waals surface area contributed by atoms with E-state index in [1.807, 2.05) is 49.4 Å². The van der Waals surface area contributed by atoms with E-state index in [4.69, 9.17) is 21.1 Å². The molecule has 1 atom stereocenters. The van der Waals surface area contributed by atoms with Crippen LogP contribution in [0.25, 0.3) is 0 Å². The highest BCUT2D eigenvalue weighted by Gasteiger charge is 2.20. The summed E-state index contributed by atoms with van der Waals surface area (Å²) in [6, 6.07) is 14.4. The summed E-state index contributed by atoms with van der Waals surface area (Å²) in [4.78, 5) is 14.2. The van der Waals surface area contributed by atoms with Crippen LogP contribution in [0.2, 0.25) is 5.02 Å². The molecule has 134 valence electrons. The zero-order valence-electron chi connectivity index (χ0n) is 14.7. The van der Waals surface area contributed by atoms with Gasteiger partial charge >= 0.3 is 6.03 Å². The molecule has 0 heterocycles. The Morgan fingerprint density at radius 3 is 2.56 bits per heavy atom. The molecule has 1 N–H and O–H groups in total. The Labute approximate surface area is 153 Å². The van der Waals surface area contributed by atoms with Gasteiger partial charge < -0.3 is 19.7 Å². The van der Waals surface area contributed by atoms with Crippen molar-refractivity contribution in [2.75, 3.05) is 32.7 Å². The molecule has 0 aliphatic heterocycles. The third kappa shape index (κ3) is 5.11. The van der Waals surface area contributed by atoms with E-state index >= 15 is 0 Å². The lowest BCUT2D eigenvalue weighted by Gasteiger charge is -2.26. The minimum atomic E-state index is -0.241. The lowest BCUT2D eigenvalue weighted by atomic mass is 10.1. The second kappa shape index (κ2) is 9.30. The van der Waals surface area contributed by atoms with Crippen molar-refractivity contribution in [1.82, 2.24) is 4.90 Å². The highest BCUT2D eigenvalue weighted by Crippen LogP contribution is 2.28. The number of rotatable bonds is 7. The molecule has 0 fully saturated rings. The highest BCUT2D eigenvalue weighted by molar-refractivity contribution is 6.31. The SMILES string of the molecule is COCCOc1ccccc1NC(=O)N(C)C(C)c1ccccc1Cl. The summed E-state index contributed by atoms with van der Waals surface area (Å²) in [5.41, 5.74) is 1.51. The fourth-order valence-corrected chi connectivity index (χ4v) is 2.63. The van der Waals surface area contributed by atoms with Crippen LogP contribution in [0.3, 0.4) is 0 Å². The average molecular weight is 363 g/mol. The van der Waals surface area contributed by atoms with Gasteiger partial charge in [-0.15, -0.1) is 0 Å². The molecular weight excluding hydrogens is 340 g/mol. The summed E-state index contributed by atoms with van der Waals surface area (Å²) in [7, 11) is 3.35. The number of hydrogen-bond acceptors (Lipinski definition) is 3. The van der Waals surface area contributed by atoms with E-state index in [-0.39, 0.29) is 12.1 Å². The van der Waals surface area contributed by atoms with Crippen LogP contribution in [0.1, 0.15) is 18.5 Å². The lowest BCUT2D eigenvalue weighted by Crippen LogP contribution is -2.33. The largest absolute Gasteiger partial charge is 0.489 e.